The van der Waals surface area contributed by atoms with E-state index in [9.17, 15) is 19.2 Å². The predicted molar refractivity (Wildman–Crippen MR) is 82.6 cm³/mol. The van der Waals surface area contributed by atoms with Gasteiger partial charge in [0.15, 0.2) is 0 Å². The maximum atomic E-state index is 12.0. The third kappa shape index (κ3) is 7.03. The molecule has 0 aliphatic rings. The highest BCUT2D eigenvalue weighted by Crippen LogP contribution is 2.01. The second kappa shape index (κ2) is 9.88. The Bertz CT molecular complexity index is 583. The Balaban J connectivity index is 2.64. The molecular formula is C16H18N2O5. The van der Waals surface area contributed by atoms with Gasteiger partial charge in [-0.3, -0.25) is 19.8 Å². The maximum Gasteiger partial charge on any atom is 0.315 e. The van der Waals surface area contributed by atoms with Gasteiger partial charge >= 0.3 is 5.97 Å². The van der Waals surface area contributed by atoms with Crippen LogP contribution in [0.4, 0.5) is 0 Å². The van der Waals surface area contributed by atoms with E-state index in [1.807, 2.05) is 18.2 Å². The number of benzene rings is 1. The minimum atomic E-state index is -0.730. The molecule has 2 amide bonds. The molecule has 0 saturated heterocycles. The van der Waals surface area contributed by atoms with Crippen molar-refractivity contribution in [1.82, 2.24) is 10.4 Å². The molecule has 1 N–H and O–H groups in total. The van der Waals surface area contributed by atoms with Gasteiger partial charge in [-0.15, -0.1) is 0 Å². The molecule has 7 nitrogen and oxygen atoms in total. The molecule has 0 heterocycles. The number of rotatable bonds is 7. The molecule has 7 heteroatoms. The van der Waals surface area contributed by atoms with Gasteiger partial charge in [0.1, 0.15) is 12.7 Å². The Hall–Kier alpha value is -2.96. The van der Waals surface area contributed by atoms with Gasteiger partial charge in [-0.05, 0) is 18.6 Å². The van der Waals surface area contributed by atoms with E-state index in [0.29, 0.717) is 6.29 Å². The Kier molecular flexibility index (Phi) is 7.77. The second-order valence-electron chi connectivity index (χ2n) is 4.38. The summed E-state index contributed by atoms with van der Waals surface area (Å²) < 4.78 is 4.63. The Morgan fingerprint density at radius 2 is 1.91 bits per heavy atom. The molecular weight excluding hydrogens is 300 g/mol. The van der Waals surface area contributed by atoms with Gasteiger partial charge in [0.25, 0.3) is 5.91 Å². The Morgan fingerprint density at radius 3 is 2.52 bits per heavy atom. The van der Waals surface area contributed by atoms with Crippen molar-refractivity contribution in [3.63, 3.8) is 0 Å². The highest BCUT2D eigenvalue weighted by atomic mass is 16.5. The van der Waals surface area contributed by atoms with Crippen LogP contribution in [0, 0.1) is 0 Å². The van der Waals surface area contributed by atoms with Crippen molar-refractivity contribution in [3.05, 3.63) is 42.0 Å². The normalized spacial score (nSPS) is 10.1. The zero-order valence-electron chi connectivity index (χ0n) is 12.7. The minimum Gasteiger partial charge on any atom is -0.466 e. The minimum absolute atomic E-state index is 0.156. The fourth-order valence-corrected chi connectivity index (χ4v) is 1.62. The smallest absolute Gasteiger partial charge is 0.315 e. The summed E-state index contributed by atoms with van der Waals surface area (Å²) in [5.41, 5.74) is 3.00. The maximum absolute atomic E-state index is 12.0. The number of aldehydes is 1. The van der Waals surface area contributed by atoms with Crippen molar-refractivity contribution < 1.29 is 23.9 Å². The fraction of sp³-hybridized carbons (Fsp3) is 0.250. The summed E-state index contributed by atoms with van der Waals surface area (Å²) in [6.45, 7) is 1.45. The van der Waals surface area contributed by atoms with Gasteiger partial charge in [-0.2, -0.15) is 0 Å². The van der Waals surface area contributed by atoms with Gasteiger partial charge < -0.3 is 9.53 Å². The monoisotopic (exact) mass is 318 g/mol. The molecule has 0 unspecified atom stereocenters. The molecule has 0 radical (unpaired) electrons. The van der Waals surface area contributed by atoms with E-state index in [4.69, 9.17) is 0 Å². The van der Waals surface area contributed by atoms with E-state index in [1.165, 1.54) is 6.08 Å². The highest BCUT2D eigenvalue weighted by Gasteiger charge is 2.16. The third-order valence-corrected chi connectivity index (χ3v) is 2.61. The number of nitrogens with one attached hydrogen (secondary N) is 1. The lowest BCUT2D eigenvalue weighted by Crippen LogP contribution is -2.47. The van der Waals surface area contributed by atoms with Crippen molar-refractivity contribution in [3.8, 4) is 0 Å². The first-order chi connectivity index (χ1) is 11.1. The summed E-state index contributed by atoms with van der Waals surface area (Å²) in [5.74, 6) is -2.02. The van der Waals surface area contributed by atoms with Crippen molar-refractivity contribution >= 4 is 30.1 Å². The first-order valence-electron chi connectivity index (χ1n) is 7.00. The van der Waals surface area contributed by atoms with Crippen molar-refractivity contribution in [1.29, 1.82) is 0 Å². The molecule has 122 valence electrons. The molecule has 0 aromatic heterocycles. The standard InChI is InChI=1S/C16H18N2O5/c1-2-23-16(22)12-14(20)17-18(10-11-19)15(21)9-8-13-6-4-3-5-7-13/h3-9,11H,2,10,12H2,1H3,(H,17,20). The van der Waals surface area contributed by atoms with Gasteiger partial charge in [0.2, 0.25) is 5.91 Å². The van der Waals surface area contributed by atoms with Crippen LogP contribution in [-0.2, 0) is 23.9 Å². The number of carbonyl (C=O) groups is 4. The van der Waals surface area contributed by atoms with E-state index in [2.05, 4.69) is 10.2 Å². The summed E-state index contributed by atoms with van der Waals surface area (Å²) in [6.07, 6.45) is 2.72. The first-order valence-corrected chi connectivity index (χ1v) is 7.00. The first kappa shape index (κ1) is 18.1. The molecule has 0 aliphatic heterocycles. The van der Waals surface area contributed by atoms with E-state index in [1.54, 1.807) is 25.1 Å². The Labute approximate surface area is 133 Å². The van der Waals surface area contributed by atoms with Crippen molar-refractivity contribution in [2.75, 3.05) is 13.2 Å². The number of nitrogens with zero attached hydrogens (tertiary/aromatic N) is 1. The molecule has 23 heavy (non-hydrogen) atoms. The molecule has 0 bridgehead atoms. The molecule has 1 rings (SSSR count). The number of hydrogen-bond donors (Lipinski definition) is 1. The lowest BCUT2D eigenvalue weighted by atomic mass is 10.2. The van der Waals surface area contributed by atoms with Gasteiger partial charge in [0, 0.05) is 6.08 Å². The van der Waals surface area contributed by atoms with Crippen LogP contribution >= 0.6 is 0 Å². The van der Waals surface area contributed by atoms with E-state index in [-0.39, 0.29) is 13.2 Å². The van der Waals surface area contributed by atoms with Crippen molar-refractivity contribution in [2.45, 2.75) is 13.3 Å². The number of hydrazine groups is 1. The molecule has 0 aliphatic carbocycles. The number of amides is 2. The molecule has 0 saturated carbocycles. The molecule has 1 aromatic carbocycles. The van der Waals surface area contributed by atoms with Crippen LogP contribution in [0.3, 0.4) is 0 Å². The zero-order chi connectivity index (χ0) is 17.1. The van der Waals surface area contributed by atoms with Gasteiger partial charge in [0.05, 0.1) is 13.2 Å². The molecule has 1 aromatic rings. The van der Waals surface area contributed by atoms with Crippen molar-refractivity contribution in [2.24, 2.45) is 0 Å². The zero-order valence-corrected chi connectivity index (χ0v) is 12.7. The SMILES string of the molecule is CCOC(=O)CC(=O)NN(CC=O)C(=O)C=Cc1ccccc1. The average molecular weight is 318 g/mol. The summed E-state index contributed by atoms with van der Waals surface area (Å²) in [6, 6.07) is 9.07. The van der Waals surface area contributed by atoms with Gasteiger partial charge in [-0.1, -0.05) is 30.3 Å². The van der Waals surface area contributed by atoms with E-state index in [0.717, 1.165) is 10.6 Å². The quantitative estimate of drug-likeness (QED) is 0.263. The second-order valence-corrected chi connectivity index (χ2v) is 4.38. The van der Waals surface area contributed by atoms with Crippen LogP contribution in [0.25, 0.3) is 6.08 Å². The average Bonchev–Trinajstić information content (AvgIpc) is 2.53. The number of esters is 1. The Morgan fingerprint density at radius 1 is 1.22 bits per heavy atom. The van der Waals surface area contributed by atoms with Crippen LogP contribution in [0.15, 0.2) is 36.4 Å². The van der Waals surface area contributed by atoms with Crippen LogP contribution < -0.4 is 5.43 Å². The summed E-state index contributed by atoms with van der Waals surface area (Å²) in [5, 5.41) is 0.827. The number of carbonyl (C=O) groups excluding carboxylic acids is 4. The summed E-state index contributed by atoms with van der Waals surface area (Å²) >= 11 is 0. The van der Waals surface area contributed by atoms with Crippen LogP contribution in [-0.4, -0.2) is 42.2 Å². The van der Waals surface area contributed by atoms with Crippen LogP contribution in [0.5, 0.6) is 0 Å². The molecule has 0 fully saturated rings. The van der Waals surface area contributed by atoms with E-state index >= 15 is 0 Å². The molecule has 0 atom stereocenters. The molecule has 0 spiro atoms. The third-order valence-electron chi connectivity index (χ3n) is 2.61. The largest absolute Gasteiger partial charge is 0.466 e. The van der Waals surface area contributed by atoms with E-state index < -0.39 is 24.2 Å². The fourth-order valence-electron chi connectivity index (χ4n) is 1.62. The summed E-state index contributed by atoms with van der Waals surface area (Å²) in [7, 11) is 0. The highest BCUT2D eigenvalue weighted by molar-refractivity contribution is 5.97. The number of ether oxygens (including phenoxy) is 1. The lowest BCUT2D eigenvalue weighted by Gasteiger charge is -2.19. The predicted octanol–water partition coefficient (Wildman–Crippen LogP) is 0.712. The lowest BCUT2D eigenvalue weighted by molar-refractivity contribution is -0.149. The van der Waals surface area contributed by atoms with Crippen LogP contribution in [0.2, 0.25) is 0 Å². The number of hydrogen-bond acceptors (Lipinski definition) is 5. The van der Waals surface area contributed by atoms with Gasteiger partial charge in [-0.25, -0.2) is 5.01 Å². The topological polar surface area (TPSA) is 92.8 Å². The van der Waals surface area contributed by atoms with Crippen LogP contribution in [0.1, 0.15) is 18.9 Å². The summed E-state index contributed by atoms with van der Waals surface area (Å²) in [4.78, 5) is 45.5.